The number of hydrogen-bond donors (Lipinski definition) is 2. The number of likely N-dealkylation sites (tertiary alicyclic amines) is 2. The van der Waals surface area contributed by atoms with E-state index in [4.69, 9.17) is 14.2 Å². The third kappa shape index (κ3) is 7.22. The number of benzene rings is 3. The first-order valence-corrected chi connectivity index (χ1v) is 16.1. The average Bonchev–Trinajstić information content (AvgIpc) is 3.61. The standard InChI is InChI=1S/C36H44FN5O4/c1-44-31-19-26(20-32(45-2)34(31)46-3)23-42-24-36(22-33(42)43,21-25-9-11-27(37)12-10-25)15-6-16-41-17-13-28(14-18-41)38-35-39-29-7-4-5-8-30(29)40-35/h4-5,7-12,19-20,28H,6,13-18,21-24H2,1-3H3,(H2,38,39,40). The van der Waals surface area contributed by atoms with Crippen LogP contribution in [0, 0.1) is 11.2 Å². The zero-order chi connectivity index (χ0) is 32.1. The molecule has 244 valence electrons. The van der Waals surface area contributed by atoms with Crippen LogP contribution in [0.1, 0.15) is 43.2 Å². The van der Waals surface area contributed by atoms with Gasteiger partial charge in [0.2, 0.25) is 17.6 Å². The van der Waals surface area contributed by atoms with Crippen molar-refractivity contribution in [3.8, 4) is 17.2 Å². The highest BCUT2D eigenvalue weighted by Gasteiger charge is 2.43. The summed E-state index contributed by atoms with van der Waals surface area (Å²) in [6.07, 6.45) is 5.22. The van der Waals surface area contributed by atoms with E-state index in [1.807, 2.05) is 53.4 Å². The second-order valence-corrected chi connectivity index (χ2v) is 12.7. The molecule has 1 atom stereocenters. The van der Waals surface area contributed by atoms with Crippen molar-refractivity contribution in [2.45, 2.75) is 51.1 Å². The quantitative estimate of drug-likeness (QED) is 0.186. The van der Waals surface area contributed by atoms with Gasteiger partial charge in [0.25, 0.3) is 0 Å². The molecule has 6 rings (SSSR count). The summed E-state index contributed by atoms with van der Waals surface area (Å²) in [5.74, 6) is 2.39. The largest absolute Gasteiger partial charge is 0.493 e. The maximum absolute atomic E-state index is 13.7. The van der Waals surface area contributed by atoms with Gasteiger partial charge < -0.3 is 34.3 Å². The molecule has 0 radical (unpaired) electrons. The van der Waals surface area contributed by atoms with Crippen molar-refractivity contribution in [1.82, 2.24) is 19.8 Å². The molecule has 0 aliphatic carbocycles. The predicted octanol–water partition coefficient (Wildman–Crippen LogP) is 6.05. The molecule has 3 aromatic carbocycles. The highest BCUT2D eigenvalue weighted by molar-refractivity contribution is 5.80. The number of carbonyl (C=O) groups is 1. The predicted molar refractivity (Wildman–Crippen MR) is 177 cm³/mol. The summed E-state index contributed by atoms with van der Waals surface area (Å²) in [5, 5.41) is 3.59. The number of halogens is 1. The number of imidazole rings is 1. The van der Waals surface area contributed by atoms with E-state index in [0.29, 0.717) is 42.8 Å². The van der Waals surface area contributed by atoms with Gasteiger partial charge in [0.05, 0.1) is 32.4 Å². The fraction of sp³-hybridized carbons (Fsp3) is 0.444. The van der Waals surface area contributed by atoms with E-state index in [-0.39, 0.29) is 17.1 Å². The second kappa shape index (κ2) is 14.0. The number of piperidine rings is 1. The van der Waals surface area contributed by atoms with Gasteiger partial charge in [0, 0.05) is 44.1 Å². The van der Waals surface area contributed by atoms with Crippen molar-refractivity contribution in [2.24, 2.45) is 5.41 Å². The van der Waals surface area contributed by atoms with Crippen molar-refractivity contribution in [3.05, 3.63) is 77.6 Å². The van der Waals surface area contributed by atoms with E-state index < -0.39 is 0 Å². The lowest BCUT2D eigenvalue weighted by Gasteiger charge is -2.34. The Hall–Kier alpha value is -4.31. The number of nitrogens with zero attached hydrogens (tertiary/aromatic N) is 3. The van der Waals surface area contributed by atoms with Crippen LogP contribution in [0.25, 0.3) is 11.0 Å². The highest BCUT2D eigenvalue weighted by Crippen LogP contribution is 2.42. The van der Waals surface area contributed by atoms with Gasteiger partial charge in [-0.2, -0.15) is 0 Å². The monoisotopic (exact) mass is 629 g/mol. The van der Waals surface area contributed by atoms with Gasteiger partial charge in [-0.15, -0.1) is 0 Å². The molecule has 0 spiro atoms. The van der Waals surface area contributed by atoms with Crippen LogP contribution in [-0.4, -0.2) is 79.2 Å². The van der Waals surface area contributed by atoms with E-state index in [1.165, 1.54) is 12.1 Å². The Morgan fingerprint density at radius 3 is 2.37 bits per heavy atom. The lowest BCUT2D eigenvalue weighted by atomic mass is 9.77. The molecular formula is C36H44FN5O4. The minimum Gasteiger partial charge on any atom is -0.493 e. The molecule has 2 aliphatic rings. The number of nitrogens with one attached hydrogen (secondary N) is 2. The van der Waals surface area contributed by atoms with Gasteiger partial charge >= 0.3 is 0 Å². The number of aromatic nitrogens is 2. The molecule has 1 unspecified atom stereocenters. The summed E-state index contributed by atoms with van der Waals surface area (Å²) in [5.41, 5.74) is 3.77. The smallest absolute Gasteiger partial charge is 0.223 e. The minimum atomic E-state index is -0.248. The van der Waals surface area contributed by atoms with E-state index >= 15 is 0 Å². The van der Waals surface area contributed by atoms with Crippen molar-refractivity contribution in [1.29, 1.82) is 0 Å². The molecule has 2 fully saturated rings. The zero-order valence-electron chi connectivity index (χ0n) is 27.0. The van der Waals surface area contributed by atoms with Gasteiger partial charge in [-0.1, -0.05) is 24.3 Å². The summed E-state index contributed by atoms with van der Waals surface area (Å²) < 4.78 is 30.3. The van der Waals surface area contributed by atoms with Crippen LogP contribution in [0.2, 0.25) is 0 Å². The SMILES string of the molecule is COc1cc(CN2CC(CCCN3CCC(Nc4nc5ccccc5[nH]4)CC3)(Cc3ccc(F)cc3)CC2=O)cc(OC)c1OC. The molecule has 1 amide bonds. The Morgan fingerprint density at radius 1 is 0.978 bits per heavy atom. The van der Waals surface area contributed by atoms with Crippen LogP contribution in [0.15, 0.2) is 60.7 Å². The fourth-order valence-corrected chi connectivity index (χ4v) is 7.18. The van der Waals surface area contributed by atoms with Crippen molar-refractivity contribution < 1.29 is 23.4 Å². The van der Waals surface area contributed by atoms with Crippen LogP contribution in [0.3, 0.4) is 0 Å². The van der Waals surface area contributed by atoms with Gasteiger partial charge in [-0.25, -0.2) is 9.37 Å². The third-order valence-electron chi connectivity index (χ3n) is 9.49. The third-order valence-corrected chi connectivity index (χ3v) is 9.49. The number of ether oxygens (including phenoxy) is 3. The first kappa shape index (κ1) is 31.7. The van der Waals surface area contributed by atoms with Crippen LogP contribution in [0.4, 0.5) is 10.3 Å². The number of carbonyl (C=O) groups excluding carboxylic acids is 1. The first-order valence-electron chi connectivity index (χ1n) is 16.1. The maximum Gasteiger partial charge on any atom is 0.223 e. The summed E-state index contributed by atoms with van der Waals surface area (Å²) in [7, 11) is 4.76. The molecule has 2 saturated heterocycles. The molecule has 1 aromatic heterocycles. The van der Waals surface area contributed by atoms with Crippen molar-refractivity contribution in [2.75, 3.05) is 52.8 Å². The molecule has 2 N–H and O–H groups in total. The molecule has 0 saturated carbocycles. The van der Waals surface area contributed by atoms with E-state index in [9.17, 15) is 9.18 Å². The van der Waals surface area contributed by atoms with E-state index in [0.717, 1.165) is 79.8 Å². The van der Waals surface area contributed by atoms with E-state index in [2.05, 4.69) is 20.2 Å². The number of aromatic amines is 1. The van der Waals surface area contributed by atoms with Gasteiger partial charge in [0.15, 0.2) is 11.5 Å². The molecule has 3 heterocycles. The lowest BCUT2D eigenvalue weighted by Crippen LogP contribution is -2.40. The number of rotatable bonds is 13. The Bertz CT molecular complexity index is 1580. The molecular weight excluding hydrogens is 585 g/mol. The number of amides is 1. The van der Waals surface area contributed by atoms with Crippen LogP contribution >= 0.6 is 0 Å². The molecule has 4 aromatic rings. The van der Waals surface area contributed by atoms with Gasteiger partial charge in [-0.3, -0.25) is 4.79 Å². The Morgan fingerprint density at radius 2 is 1.70 bits per heavy atom. The number of anilines is 1. The Labute approximate surface area is 270 Å². The summed E-state index contributed by atoms with van der Waals surface area (Å²) >= 11 is 0. The second-order valence-electron chi connectivity index (χ2n) is 12.7. The van der Waals surface area contributed by atoms with Crippen molar-refractivity contribution in [3.63, 3.8) is 0 Å². The Balaban J connectivity index is 1.08. The summed E-state index contributed by atoms with van der Waals surface area (Å²) in [6, 6.07) is 19.0. The maximum atomic E-state index is 13.7. The van der Waals surface area contributed by atoms with Gasteiger partial charge in [0.1, 0.15) is 5.82 Å². The Kier molecular flexibility index (Phi) is 9.63. The van der Waals surface area contributed by atoms with Crippen LogP contribution in [-0.2, 0) is 17.8 Å². The van der Waals surface area contributed by atoms with Gasteiger partial charge in [-0.05, 0) is 86.2 Å². The molecule has 10 heteroatoms. The van der Waals surface area contributed by atoms with Crippen molar-refractivity contribution >= 4 is 22.9 Å². The number of methoxy groups -OCH3 is 3. The molecule has 2 aliphatic heterocycles. The minimum absolute atomic E-state index is 0.133. The summed E-state index contributed by atoms with van der Waals surface area (Å²) in [4.78, 5) is 26.1. The zero-order valence-corrected chi connectivity index (χ0v) is 27.0. The van der Waals surface area contributed by atoms with Crippen LogP contribution < -0.4 is 19.5 Å². The normalized spacial score (nSPS) is 19.1. The van der Waals surface area contributed by atoms with E-state index in [1.54, 1.807) is 21.3 Å². The number of H-pyrrole nitrogens is 1. The lowest BCUT2D eigenvalue weighted by molar-refractivity contribution is -0.128. The topological polar surface area (TPSA) is 92.0 Å². The van der Waals surface area contributed by atoms with Crippen LogP contribution in [0.5, 0.6) is 17.2 Å². The fourth-order valence-electron chi connectivity index (χ4n) is 7.18. The molecule has 9 nitrogen and oxygen atoms in total. The number of hydrogen-bond acceptors (Lipinski definition) is 7. The average molecular weight is 630 g/mol. The number of fused-ring (bicyclic) bond motifs is 1. The molecule has 0 bridgehead atoms. The number of para-hydroxylation sites is 2. The summed E-state index contributed by atoms with van der Waals surface area (Å²) in [6.45, 7) is 4.13. The first-order chi connectivity index (χ1) is 22.4. The highest BCUT2D eigenvalue weighted by atomic mass is 19.1. The molecule has 46 heavy (non-hydrogen) atoms.